The number of para-hydroxylation sites is 1. The van der Waals surface area contributed by atoms with Crippen LogP contribution in [-0.2, 0) is 0 Å². The molecule has 0 unspecified atom stereocenters. The molecule has 0 bridgehead atoms. The van der Waals surface area contributed by atoms with E-state index in [1.165, 1.54) is 0 Å². The van der Waals surface area contributed by atoms with Crippen molar-refractivity contribution in [1.82, 2.24) is 25.0 Å². The molecule has 2 heterocycles. The molecule has 7 heteroatoms. The van der Waals surface area contributed by atoms with Gasteiger partial charge in [-0.2, -0.15) is 15.2 Å². The summed E-state index contributed by atoms with van der Waals surface area (Å²) in [5.74, 6) is 0.316. The third-order valence-corrected chi connectivity index (χ3v) is 3.64. The van der Waals surface area contributed by atoms with Crippen LogP contribution in [0.2, 0.25) is 0 Å². The van der Waals surface area contributed by atoms with Gasteiger partial charge in [0.05, 0.1) is 17.6 Å². The lowest BCUT2D eigenvalue weighted by molar-refractivity contribution is 0.875. The van der Waals surface area contributed by atoms with Crippen LogP contribution in [0.25, 0.3) is 16.9 Å². The van der Waals surface area contributed by atoms with Crippen LogP contribution in [0.3, 0.4) is 0 Å². The first kappa shape index (κ1) is 14.9. The van der Waals surface area contributed by atoms with Crippen LogP contribution in [0, 0.1) is 6.92 Å². The monoisotopic (exact) mass is 329 g/mol. The molecule has 2 aromatic carbocycles. The number of fused-ring (bicyclic) bond motifs is 1. The Morgan fingerprint density at radius 3 is 2.44 bits per heavy atom. The van der Waals surface area contributed by atoms with Crippen molar-refractivity contribution in [2.45, 2.75) is 6.92 Å². The Balaban J connectivity index is 1.66. The van der Waals surface area contributed by atoms with Gasteiger partial charge in [0.1, 0.15) is 0 Å². The molecule has 122 valence electrons. The van der Waals surface area contributed by atoms with Gasteiger partial charge < -0.3 is 0 Å². The fourth-order valence-corrected chi connectivity index (χ4v) is 2.44. The third kappa shape index (κ3) is 3.07. The van der Waals surface area contributed by atoms with Gasteiger partial charge in [-0.25, -0.2) is 10.1 Å². The Bertz CT molecular complexity index is 1020. The summed E-state index contributed by atoms with van der Waals surface area (Å²) < 4.78 is 1.76. The fourth-order valence-electron chi connectivity index (χ4n) is 2.44. The average Bonchev–Trinajstić information content (AvgIpc) is 3.00. The molecule has 0 aliphatic carbocycles. The highest BCUT2D eigenvalue weighted by Crippen LogP contribution is 2.18. The van der Waals surface area contributed by atoms with E-state index in [0.717, 1.165) is 16.9 Å². The highest BCUT2D eigenvalue weighted by atomic mass is 15.4. The smallest absolute Gasteiger partial charge is 0.244 e. The molecule has 0 aliphatic rings. The Morgan fingerprint density at radius 2 is 1.68 bits per heavy atom. The zero-order valence-corrected chi connectivity index (χ0v) is 13.5. The minimum atomic E-state index is 0.316. The van der Waals surface area contributed by atoms with Gasteiger partial charge in [0.15, 0.2) is 11.2 Å². The molecule has 7 nitrogen and oxygen atoms in total. The van der Waals surface area contributed by atoms with E-state index in [2.05, 4.69) is 30.8 Å². The van der Waals surface area contributed by atoms with Crippen molar-refractivity contribution in [3.8, 4) is 5.69 Å². The molecule has 2 aromatic heterocycles. The summed E-state index contributed by atoms with van der Waals surface area (Å²) in [4.78, 5) is 4.51. The number of anilines is 1. The average molecular weight is 329 g/mol. The second kappa shape index (κ2) is 6.48. The van der Waals surface area contributed by atoms with Gasteiger partial charge in [-0.1, -0.05) is 48.5 Å². The van der Waals surface area contributed by atoms with E-state index in [1.807, 2.05) is 67.6 Å². The molecule has 4 rings (SSSR count). The molecule has 0 amide bonds. The van der Waals surface area contributed by atoms with Crippen LogP contribution in [0.4, 0.5) is 5.95 Å². The minimum absolute atomic E-state index is 0.316. The molecule has 0 saturated carbocycles. The molecule has 0 fully saturated rings. The summed E-state index contributed by atoms with van der Waals surface area (Å²) in [7, 11) is 0. The largest absolute Gasteiger partial charge is 0.265 e. The van der Waals surface area contributed by atoms with Crippen molar-refractivity contribution in [1.29, 1.82) is 0 Å². The number of nitrogens with zero attached hydrogens (tertiary/aromatic N) is 6. The van der Waals surface area contributed by atoms with E-state index in [4.69, 9.17) is 0 Å². The maximum atomic E-state index is 4.51. The highest BCUT2D eigenvalue weighted by molar-refractivity contribution is 5.80. The second-order valence-corrected chi connectivity index (χ2v) is 5.42. The number of nitrogens with one attached hydrogen (secondary N) is 1. The Hall–Kier alpha value is -3.61. The first-order valence-corrected chi connectivity index (χ1v) is 7.81. The van der Waals surface area contributed by atoms with Gasteiger partial charge >= 0.3 is 0 Å². The summed E-state index contributed by atoms with van der Waals surface area (Å²) in [6, 6.07) is 19.6. The predicted molar refractivity (Wildman–Crippen MR) is 96.9 cm³/mol. The Labute approximate surface area is 144 Å². The van der Waals surface area contributed by atoms with Crippen molar-refractivity contribution >= 4 is 23.3 Å². The number of hydrazone groups is 1. The third-order valence-electron chi connectivity index (χ3n) is 3.64. The quantitative estimate of drug-likeness (QED) is 0.460. The van der Waals surface area contributed by atoms with Crippen molar-refractivity contribution < 1.29 is 0 Å². The van der Waals surface area contributed by atoms with Crippen LogP contribution < -0.4 is 5.43 Å². The van der Waals surface area contributed by atoms with Gasteiger partial charge in [-0.15, -0.1) is 10.2 Å². The highest BCUT2D eigenvalue weighted by Gasteiger charge is 2.13. The second-order valence-electron chi connectivity index (χ2n) is 5.42. The number of rotatable bonds is 4. The van der Waals surface area contributed by atoms with Crippen molar-refractivity contribution in [2.24, 2.45) is 5.10 Å². The van der Waals surface area contributed by atoms with Crippen LogP contribution in [-0.4, -0.2) is 31.2 Å². The maximum Gasteiger partial charge on any atom is 0.265 e. The standard InChI is InChI=1S/C18H15N7/c1-13-16-17(25(24-13)15-10-6-3-7-11-15)20-18(23-21-16)22-19-12-14-8-4-2-5-9-14/h2-12H,1H3,(H,20,22,23)/b19-12+. The van der Waals surface area contributed by atoms with E-state index in [9.17, 15) is 0 Å². The molecular formula is C18H15N7. The molecular weight excluding hydrogens is 314 g/mol. The molecule has 1 N–H and O–H groups in total. The van der Waals surface area contributed by atoms with E-state index in [1.54, 1.807) is 10.9 Å². The van der Waals surface area contributed by atoms with Crippen molar-refractivity contribution in [3.05, 3.63) is 71.9 Å². The van der Waals surface area contributed by atoms with Crippen LogP contribution in [0.15, 0.2) is 65.8 Å². The van der Waals surface area contributed by atoms with Gasteiger partial charge in [0.2, 0.25) is 0 Å². The maximum absolute atomic E-state index is 4.51. The minimum Gasteiger partial charge on any atom is -0.244 e. The van der Waals surface area contributed by atoms with E-state index < -0.39 is 0 Å². The summed E-state index contributed by atoms with van der Waals surface area (Å²) in [6.07, 6.45) is 1.70. The molecule has 0 saturated heterocycles. The van der Waals surface area contributed by atoms with Gasteiger partial charge in [-0.3, -0.25) is 0 Å². The predicted octanol–water partition coefficient (Wildman–Crippen LogP) is 2.96. The zero-order chi connectivity index (χ0) is 17.1. The molecule has 0 radical (unpaired) electrons. The summed E-state index contributed by atoms with van der Waals surface area (Å²) in [5.41, 5.74) is 6.79. The fraction of sp³-hybridized carbons (Fsp3) is 0.0556. The van der Waals surface area contributed by atoms with Crippen LogP contribution >= 0.6 is 0 Å². The van der Waals surface area contributed by atoms with Crippen LogP contribution in [0.5, 0.6) is 0 Å². The SMILES string of the molecule is Cc1nn(-c2ccccc2)c2nc(N/N=C/c3ccccc3)nnc12. The number of benzene rings is 2. The first-order chi connectivity index (χ1) is 12.3. The molecule has 0 aliphatic heterocycles. The summed E-state index contributed by atoms with van der Waals surface area (Å²) in [6.45, 7) is 1.89. The molecule has 25 heavy (non-hydrogen) atoms. The first-order valence-electron chi connectivity index (χ1n) is 7.81. The van der Waals surface area contributed by atoms with Crippen LogP contribution in [0.1, 0.15) is 11.3 Å². The van der Waals surface area contributed by atoms with Crippen molar-refractivity contribution in [2.75, 3.05) is 5.43 Å². The normalized spacial score (nSPS) is 11.2. The van der Waals surface area contributed by atoms with Gasteiger partial charge in [0, 0.05) is 0 Å². The van der Waals surface area contributed by atoms with E-state index in [0.29, 0.717) is 17.1 Å². The topological polar surface area (TPSA) is 80.9 Å². The van der Waals surface area contributed by atoms with E-state index in [-0.39, 0.29) is 0 Å². The molecule has 0 atom stereocenters. The number of hydrogen-bond acceptors (Lipinski definition) is 6. The van der Waals surface area contributed by atoms with Crippen molar-refractivity contribution in [3.63, 3.8) is 0 Å². The Kier molecular flexibility index (Phi) is 3.88. The number of hydrogen-bond donors (Lipinski definition) is 1. The lowest BCUT2D eigenvalue weighted by Gasteiger charge is -2.02. The Morgan fingerprint density at radius 1 is 0.960 bits per heavy atom. The van der Waals surface area contributed by atoms with E-state index >= 15 is 0 Å². The lowest BCUT2D eigenvalue weighted by Crippen LogP contribution is -2.02. The summed E-state index contributed by atoms with van der Waals surface area (Å²) >= 11 is 0. The molecule has 4 aromatic rings. The lowest BCUT2D eigenvalue weighted by atomic mass is 10.2. The zero-order valence-electron chi connectivity index (χ0n) is 13.5. The molecule has 0 spiro atoms. The number of aryl methyl sites for hydroxylation is 1. The van der Waals surface area contributed by atoms with Gasteiger partial charge in [-0.05, 0) is 24.6 Å². The number of aromatic nitrogens is 5. The van der Waals surface area contributed by atoms with Gasteiger partial charge in [0.25, 0.3) is 5.95 Å². The summed E-state index contributed by atoms with van der Waals surface area (Å²) in [5, 5.41) is 17.0.